The number of fused-ring (bicyclic) bond motifs is 1. The number of hydrogen-bond acceptors (Lipinski definition) is 2. The summed E-state index contributed by atoms with van der Waals surface area (Å²) in [7, 11) is 0. The summed E-state index contributed by atoms with van der Waals surface area (Å²) in [6.45, 7) is 5.16. The maximum Gasteiger partial charge on any atom is 0.224 e. The monoisotopic (exact) mass is 349 g/mol. The Bertz CT molecular complexity index is 854. The van der Waals surface area contributed by atoms with E-state index in [1.54, 1.807) is 0 Å². The summed E-state index contributed by atoms with van der Waals surface area (Å²) in [5, 5.41) is 3.11. The quantitative estimate of drug-likeness (QED) is 0.602. The fourth-order valence-corrected chi connectivity index (χ4v) is 3.32. The smallest absolute Gasteiger partial charge is 0.224 e. The van der Waals surface area contributed by atoms with Crippen molar-refractivity contribution >= 4 is 16.9 Å². The first-order chi connectivity index (χ1) is 12.7. The molecule has 1 heterocycles. The molecule has 1 atom stereocenters. The lowest BCUT2D eigenvalue weighted by atomic mass is 10.1. The number of unbranched alkanes of at least 4 members (excludes halogenated alkanes) is 2. The molecule has 0 saturated heterocycles. The van der Waals surface area contributed by atoms with Crippen molar-refractivity contribution in [3.05, 3.63) is 66.0 Å². The highest BCUT2D eigenvalue weighted by Crippen LogP contribution is 2.22. The molecule has 2 aromatic carbocycles. The lowest BCUT2D eigenvalue weighted by Gasteiger charge is -2.16. The van der Waals surface area contributed by atoms with Crippen molar-refractivity contribution < 1.29 is 4.79 Å². The number of para-hydroxylation sites is 2. The van der Waals surface area contributed by atoms with Crippen LogP contribution in [0.3, 0.4) is 0 Å². The van der Waals surface area contributed by atoms with Gasteiger partial charge in [0.15, 0.2) is 0 Å². The largest absolute Gasteiger partial charge is 0.346 e. The van der Waals surface area contributed by atoms with Crippen LogP contribution in [0.1, 0.15) is 50.5 Å². The van der Waals surface area contributed by atoms with E-state index in [1.807, 2.05) is 55.5 Å². The van der Waals surface area contributed by atoms with E-state index < -0.39 is 0 Å². The summed E-state index contributed by atoms with van der Waals surface area (Å²) >= 11 is 0. The van der Waals surface area contributed by atoms with Crippen LogP contribution in [-0.4, -0.2) is 15.5 Å². The van der Waals surface area contributed by atoms with E-state index in [9.17, 15) is 4.79 Å². The normalized spacial score (nSPS) is 12.2. The lowest BCUT2D eigenvalue weighted by Crippen LogP contribution is -2.30. The molecule has 0 spiro atoms. The Hall–Kier alpha value is -2.62. The molecule has 0 aliphatic rings. The maximum atomic E-state index is 12.4. The topological polar surface area (TPSA) is 46.9 Å². The van der Waals surface area contributed by atoms with Gasteiger partial charge in [-0.15, -0.1) is 0 Å². The summed E-state index contributed by atoms with van der Waals surface area (Å²) in [6, 6.07) is 17.9. The first kappa shape index (κ1) is 18.2. The summed E-state index contributed by atoms with van der Waals surface area (Å²) in [4.78, 5) is 17.2. The molecule has 26 heavy (non-hydrogen) atoms. The molecule has 136 valence electrons. The first-order valence-corrected chi connectivity index (χ1v) is 9.47. The molecular formula is C22H27N3O. The van der Waals surface area contributed by atoms with Crippen LogP contribution >= 0.6 is 0 Å². The van der Waals surface area contributed by atoms with Crippen LogP contribution in [0.4, 0.5) is 0 Å². The summed E-state index contributed by atoms with van der Waals surface area (Å²) in [5.41, 5.74) is 3.15. The molecule has 1 N–H and O–H groups in total. The molecule has 3 aromatic rings. The second kappa shape index (κ2) is 8.65. The molecule has 0 unspecified atom stereocenters. The van der Waals surface area contributed by atoms with Gasteiger partial charge in [0.1, 0.15) is 5.82 Å². The van der Waals surface area contributed by atoms with Gasteiger partial charge in [0.2, 0.25) is 5.91 Å². The Morgan fingerprint density at radius 2 is 1.81 bits per heavy atom. The zero-order valence-electron chi connectivity index (χ0n) is 15.6. The highest BCUT2D eigenvalue weighted by atomic mass is 16.1. The summed E-state index contributed by atoms with van der Waals surface area (Å²) in [6.07, 6.45) is 3.89. The number of benzene rings is 2. The number of imidazole rings is 1. The van der Waals surface area contributed by atoms with Crippen LogP contribution in [0, 0.1) is 0 Å². The average molecular weight is 349 g/mol. The molecule has 1 aromatic heterocycles. The number of rotatable bonds is 8. The third-order valence-corrected chi connectivity index (χ3v) is 4.64. The van der Waals surface area contributed by atoms with Gasteiger partial charge in [-0.3, -0.25) is 4.79 Å². The van der Waals surface area contributed by atoms with E-state index in [0.717, 1.165) is 35.4 Å². The second-order valence-corrected chi connectivity index (χ2v) is 6.77. The first-order valence-electron chi connectivity index (χ1n) is 9.47. The number of aryl methyl sites for hydroxylation is 1. The maximum absolute atomic E-state index is 12.4. The van der Waals surface area contributed by atoms with Gasteiger partial charge in [-0.1, -0.05) is 62.2 Å². The van der Waals surface area contributed by atoms with Gasteiger partial charge in [-0.05, 0) is 31.0 Å². The van der Waals surface area contributed by atoms with Crippen LogP contribution in [0.15, 0.2) is 54.6 Å². The number of nitrogens with one attached hydrogen (secondary N) is 1. The molecular weight excluding hydrogens is 322 g/mol. The molecule has 4 heteroatoms. The highest BCUT2D eigenvalue weighted by molar-refractivity contribution is 5.79. The minimum atomic E-state index is -0.125. The van der Waals surface area contributed by atoms with Crippen molar-refractivity contribution in [2.24, 2.45) is 0 Å². The van der Waals surface area contributed by atoms with Crippen LogP contribution in [-0.2, 0) is 17.8 Å². The van der Waals surface area contributed by atoms with E-state index in [2.05, 4.69) is 22.9 Å². The standard InChI is InChI=1S/C22H27N3O/c1-3-4-10-15-25-20-14-9-8-13-19(20)24-22(25)17(2)23-21(26)16-18-11-6-5-7-12-18/h5-9,11-14,17H,3-4,10,15-16H2,1-2H3,(H,23,26)/t17-/m1/s1. The third-order valence-electron chi connectivity index (χ3n) is 4.64. The Labute approximate surface area is 155 Å². The molecule has 0 fully saturated rings. The van der Waals surface area contributed by atoms with E-state index in [1.165, 1.54) is 12.8 Å². The number of aromatic nitrogens is 2. The number of hydrogen-bond donors (Lipinski definition) is 1. The van der Waals surface area contributed by atoms with E-state index >= 15 is 0 Å². The van der Waals surface area contributed by atoms with Gasteiger partial charge < -0.3 is 9.88 Å². The highest BCUT2D eigenvalue weighted by Gasteiger charge is 2.18. The fourth-order valence-electron chi connectivity index (χ4n) is 3.32. The van der Waals surface area contributed by atoms with Gasteiger partial charge in [0.25, 0.3) is 0 Å². The van der Waals surface area contributed by atoms with Crippen molar-refractivity contribution in [1.29, 1.82) is 0 Å². The van der Waals surface area contributed by atoms with Gasteiger partial charge in [0.05, 0.1) is 23.5 Å². The lowest BCUT2D eigenvalue weighted by molar-refractivity contribution is -0.121. The van der Waals surface area contributed by atoms with Crippen molar-refractivity contribution in [3.63, 3.8) is 0 Å². The zero-order valence-corrected chi connectivity index (χ0v) is 15.6. The van der Waals surface area contributed by atoms with Crippen LogP contribution in [0.5, 0.6) is 0 Å². The number of amides is 1. The number of nitrogens with zero attached hydrogens (tertiary/aromatic N) is 2. The molecule has 0 saturated carbocycles. The average Bonchev–Trinajstić information content (AvgIpc) is 3.02. The van der Waals surface area contributed by atoms with Crippen molar-refractivity contribution in [3.8, 4) is 0 Å². The van der Waals surface area contributed by atoms with E-state index in [0.29, 0.717) is 6.42 Å². The number of carbonyl (C=O) groups excluding carboxylic acids is 1. The predicted octanol–water partition coefficient (Wildman–Crippen LogP) is 4.65. The second-order valence-electron chi connectivity index (χ2n) is 6.77. The molecule has 4 nitrogen and oxygen atoms in total. The Kier molecular flexibility index (Phi) is 6.05. The number of carbonyl (C=O) groups is 1. The van der Waals surface area contributed by atoms with Crippen LogP contribution < -0.4 is 5.32 Å². The van der Waals surface area contributed by atoms with Crippen molar-refractivity contribution in [2.45, 2.75) is 52.1 Å². The van der Waals surface area contributed by atoms with Crippen LogP contribution in [0.2, 0.25) is 0 Å². The molecule has 1 amide bonds. The van der Waals surface area contributed by atoms with Crippen LogP contribution in [0.25, 0.3) is 11.0 Å². The van der Waals surface area contributed by atoms with Crippen molar-refractivity contribution in [2.75, 3.05) is 0 Å². The van der Waals surface area contributed by atoms with Crippen molar-refractivity contribution in [1.82, 2.24) is 14.9 Å². The van der Waals surface area contributed by atoms with Gasteiger partial charge >= 0.3 is 0 Å². The fraction of sp³-hybridized carbons (Fsp3) is 0.364. The Balaban J connectivity index is 1.77. The Morgan fingerprint density at radius 3 is 2.58 bits per heavy atom. The van der Waals surface area contributed by atoms with Gasteiger partial charge in [-0.2, -0.15) is 0 Å². The SMILES string of the molecule is CCCCCn1c([C@@H](C)NC(=O)Cc2ccccc2)nc2ccccc21. The minimum absolute atomic E-state index is 0.0239. The summed E-state index contributed by atoms with van der Waals surface area (Å²) < 4.78 is 2.26. The molecule has 0 aliphatic heterocycles. The molecule has 0 bridgehead atoms. The summed E-state index contributed by atoms with van der Waals surface area (Å²) in [5.74, 6) is 0.958. The molecule has 3 rings (SSSR count). The Morgan fingerprint density at radius 1 is 1.08 bits per heavy atom. The third kappa shape index (κ3) is 4.31. The van der Waals surface area contributed by atoms with Gasteiger partial charge in [0, 0.05) is 6.54 Å². The predicted molar refractivity (Wildman–Crippen MR) is 106 cm³/mol. The van der Waals surface area contributed by atoms with E-state index in [-0.39, 0.29) is 11.9 Å². The van der Waals surface area contributed by atoms with Gasteiger partial charge in [-0.25, -0.2) is 4.98 Å². The minimum Gasteiger partial charge on any atom is -0.346 e. The zero-order chi connectivity index (χ0) is 18.4. The molecule has 0 radical (unpaired) electrons. The molecule has 0 aliphatic carbocycles. The van der Waals surface area contributed by atoms with E-state index in [4.69, 9.17) is 4.98 Å².